The van der Waals surface area contributed by atoms with Crippen LogP contribution in [0, 0.1) is 6.92 Å². The maximum atomic E-state index is 13.8. The van der Waals surface area contributed by atoms with Crippen LogP contribution in [0.15, 0.2) is 77.7 Å². The van der Waals surface area contributed by atoms with Crippen molar-refractivity contribution in [1.29, 1.82) is 0 Å². The number of carbonyl (C=O) groups is 2. The molecule has 0 radical (unpaired) electrons. The van der Waals surface area contributed by atoms with Crippen LogP contribution in [-0.2, 0) is 26.2 Å². The molecular formula is C28H32ClN3O5S. The van der Waals surface area contributed by atoms with E-state index in [0.29, 0.717) is 17.3 Å². The van der Waals surface area contributed by atoms with Crippen LogP contribution in [-0.4, -0.2) is 51.4 Å². The van der Waals surface area contributed by atoms with Gasteiger partial charge < -0.3 is 15.0 Å². The van der Waals surface area contributed by atoms with Crippen molar-refractivity contribution < 1.29 is 22.7 Å². The summed E-state index contributed by atoms with van der Waals surface area (Å²) in [6, 6.07) is 19.0. The molecule has 0 spiro atoms. The molecule has 0 saturated heterocycles. The third-order valence-electron chi connectivity index (χ3n) is 5.99. The van der Waals surface area contributed by atoms with Crippen molar-refractivity contribution in [2.45, 2.75) is 38.3 Å². The molecule has 0 aliphatic rings. The Morgan fingerprint density at radius 1 is 1.03 bits per heavy atom. The molecule has 0 heterocycles. The zero-order valence-electron chi connectivity index (χ0n) is 21.8. The van der Waals surface area contributed by atoms with Gasteiger partial charge in [-0.15, -0.1) is 0 Å². The van der Waals surface area contributed by atoms with Gasteiger partial charge in [-0.25, -0.2) is 8.42 Å². The van der Waals surface area contributed by atoms with Gasteiger partial charge in [-0.3, -0.25) is 13.9 Å². The number of hydrogen-bond acceptors (Lipinski definition) is 5. The number of carbonyl (C=O) groups excluding carboxylic acids is 2. The molecule has 3 rings (SSSR count). The molecule has 2 amide bonds. The van der Waals surface area contributed by atoms with E-state index >= 15 is 0 Å². The fourth-order valence-corrected chi connectivity index (χ4v) is 5.46. The number of ether oxygens (including phenoxy) is 1. The van der Waals surface area contributed by atoms with Crippen molar-refractivity contribution in [1.82, 2.24) is 10.2 Å². The predicted molar refractivity (Wildman–Crippen MR) is 149 cm³/mol. The average Bonchev–Trinajstić information content (AvgIpc) is 2.90. The Kier molecular flexibility index (Phi) is 9.77. The summed E-state index contributed by atoms with van der Waals surface area (Å²) in [5.74, 6) is -0.301. The maximum Gasteiger partial charge on any atom is 0.264 e. The number of aryl methyl sites for hydroxylation is 1. The monoisotopic (exact) mass is 557 g/mol. The smallest absolute Gasteiger partial charge is 0.264 e. The van der Waals surface area contributed by atoms with Crippen molar-refractivity contribution in [3.05, 3.63) is 88.9 Å². The number of halogens is 1. The van der Waals surface area contributed by atoms with Crippen LogP contribution in [0.1, 0.15) is 25.0 Å². The second-order valence-electron chi connectivity index (χ2n) is 8.75. The molecule has 10 heteroatoms. The molecule has 202 valence electrons. The van der Waals surface area contributed by atoms with E-state index in [1.165, 1.54) is 30.2 Å². The Morgan fingerprint density at radius 3 is 2.34 bits per heavy atom. The number of amides is 2. The number of nitrogens with one attached hydrogen (secondary N) is 1. The van der Waals surface area contributed by atoms with Crippen LogP contribution in [0.5, 0.6) is 5.75 Å². The molecule has 0 saturated carbocycles. The van der Waals surface area contributed by atoms with Crippen molar-refractivity contribution >= 4 is 39.1 Å². The highest BCUT2D eigenvalue weighted by atomic mass is 35.5. The standard InChI is InChI=1S/C28H32ClN3O5S/c1-5-30-28(34)21(3)31(18-22-8-6-11-25(16-22)37-4)27(33)19-32(24-10-7-9-23(29)17-24)38(35,36)26-14-12-20(2)13-15-26/h6-17,21H,5,18-19H2,1-4H3,(H,30,34)/t21-/m0/s1. The van der Waals surface area contributed by atoms with Crippen molar-refractivity contribution in [2.24, 2.45) is 0 Å². The molecule has 0 bridgehead atoms. The van der Waals surface area contributed by atoms with Crippen LogP contribution < -0.4 is 14.4 Å². The Hall–Kier alpha value is -3.56. The van der Waals surface area contributed by atoms with Gasteiger partial charge in [0.2, 0.25) is 11.8 Å². The first-order valence-electron chi connectivity index (χ1n) is 12.1. The van der Waals surface area contributed by atoms with Crippen LogP contribution in [0.3, 0.4) is 0 Å². The molecule has 0 fully saturated rings. The number of benzene rings is 3. The van der Waals surface area contributed by atoms with Gasteiger partial charge in [-0.2, -0.15) is 0 Å². The van der Waals surface area contributed by atoms with Crippen LogP contribution in [0.25, 0.3) is 0 Å². The summed E-state index contributed by atoms with van der Waals surface area (Å²) >= 11 is 6.19. The highest BCUT2D eigenvalue weighted by Gasteiger charge is 2.32. The second kappa shape index (κ2) is 12.8. The van der Waals surface area contributed by atoms with Crippen LogP contribution in [0.4, 0.5) is 5.69 Å². The van der Waals surface area contributed by atoms with E-state index in [0.717, 1.165) is 15.4 Å². The lowest BCUT2D eigenvalue weighted by Crippen LogP contribution is -2.51. The van der Waals surface area contributed by atoms with Crippen LogP contribution >= 0.6 is 11.6 Å². The number of methoxy groups -OCH3 is 1. The number of anilines is 1. The van der Waals surface area contributed by atoms with E-state index < -0.39 is 28.5 Å². The third-order valence-corrected chi connectivity index (χ3v) is 8.01. The normalized spacial score (nSPS) is 11.9. The zero-order valence-corrected chi connectivity index (χ0v) is 23.4. The van der Waals surface area contributed by atoms with E-state index in [9.17, 15) is 18.0 Å². The highest BCUT2D eigenvalue weighted by Crippen LogP contribution is 2.27. The van der Waals surface area contributed by atoms with Crippen molar-refractivity contribution in [3.8, 4) is 5.75 Å². The number of hydrogen-bond donors (Lipinski definition) is 1. The molecule has 0 aliphatic heterocycles. The van der Waals surface area contributed by atoms with Gasteiger partial charge in [0.15, 0.2) is 0 Å². The fraction of sp³-hybridized carbons (Fsp3) is 0.286. The molecule has 0 aromatic heterocycles. The summed E-state index contributed by atoms with van der Waals surface area (Å²) in [7, 11) is -2.61. The number of rotatable bonds is 11. The Morgan fingerprint density at radius 2 is 1.71 bits per heavy atom. The minimum Gasteiger partial charge on any atom is -0.497 e. The topological polar surface area (TPSA) is 96.0 Å². The molecule has 0 unspecified atom stereocenters. The summed E-state index contributed by atoms with van der Waals surface area (Å²) in [4.78, 5) is 28.0. The SMILES string of the molecule is CCNC(=O)[C@H](C)N(Cc1cccc(OC)c1)C(=O)CN(c1cccc(Cl)c1)S(=O)(=O)c1ccc(C)cc1. The summed E-state index contributed by atoms with van der Waals surface area (Å²) in [6.07, 6.45) is 0. The molecule has 38 heavy (non-hydrogen) atoms. The minimum absolute atomic E-state index is 0.0343. The van der Waals surface area contributed by atoms with Gasteiger partial charge in [0, 0.05) is 18.1 Å². The number of nitrogens with zero attached hydrogens (tertiary/aromatic N) is 2. The predicted octanol–water partition coefficient (Wildman–Crippen LogP) is 4.41. The summed E-state index contributed by atoms with van der Waals surface area (Å²) in [5, 5.41) is 3.06. The van der Waals surface area contributed by atoms with Gasteiger partial charge in [0.05, 0.1) is 17.7 Å². The summed E-state index contributed by atoms with van der Waals surface area (Å²) < 4.78 is 33.9. The van der Waals surface area contributed by atoms with E-state index in [4.69, 9.17) is 16.3 Å². The van der Waals surface area contributed by atoms with E-state index in [1.54, 1.807) is 62.4 Å². The molecule has 8 nitrogen and oxygen atoms in total. The number of likely N-dealkylation sites (N-methyl/N-ethyl adjacent to an activating group) is 1. The lowest BCUT2D eigenvalue weighted by molar-refractivity contribution is -0.139. The van der Waals surface area contributed by atoms with Gasteiger partial charge in [0.25, 0.3) is 10.0 Å². The Labute approximate surface area is 229 Å². The van der Waals surface area contributed by atoms with Gasteiger partial charge in [-0.05, 0) is 68.8 Å². The Bertz CT molecular complexity index is 1380. The van der Waals surface area contributed by atoms with E-state index in [1.807, 2.05) is 13.0 Å². The summed E-state index contributed by atoms with van der Waals surface area (Å²) in [6.45, 7) is 5.18. The van der Waals surface area contributed by atoms with E-state index in [2.05, 4.69) is 5.32 Å². The molecular weight excluding hydrogens is 526 g/mol. The quantitative estimate of drug-likeness (QED) is 0.377. The second-order valence-corrected chi connectivity index (χ2v) is 11.0. The number of sulfonamides is 1. The fourth-order valence-electron chi connectivity index (χ4n) is 3.87. The maximum absolute atomic E-state index is 13.8. The first-order chi connectivity index (χ1) is 18.1. The van der Waals surface area contributed by atoms with Crippen molar-refractivity contribution in [2.75, 3.05) is 24.5 Å². The lowest BCUT2D eigenvalue weighted by Gasteiger charge is -2.32. The van der Waals surface area contributed by atoms with Gasteiger partial charge in [0.1, 0.15) is 18.3 Å². The Balaban J connectivity index is 2.03. The largest absolute Gasteiger partial charge is 0.497 e. The molecule has 1 atom stereocenters. The molecule has 3 aromatic rings. The molecule has 3 aromatic carbocycles. The molecule has 1 N–H and O–H groups in total. The minimum atomic E-state index is -4.15. The third kappa shape index (κ3) is 7.05. The first kappa shape index (κ1) is 29.0. The van der Waals surface area contributed by atoms with Gasteiger partial charge >= 0.3 is 0 Å². The van der Waals surface area contributed by atoms with Crippen LogP contribution in [0.2, 0.25) is 5.02 Å². The highest BCUT2D eigenvalue weighted by molar-refractivity contribution is 7.92. The summed E-state index contributed by atoms with van der Waals surface area (Å²) in [5.41, 5.74) is 1.86. The lowest BCUT2D eigenvalue weighted by atomic mass is 10.1. The van der Waals surface area contributed by atoms with E-state index in [-0.39, 0.29) is 23.0 Å². The zero-order chi connectivity index (χ0) is 27.9. The first-order valence-corrected chi connectivity index (χ1v) is 13.9. The van der Waals surface area contributed by atoms with Crippen molar-refractivity contribution in [3.63, 3.8) is 0 Å². The average molecular weight is 558 g/mol. The van der Waals surface area contributed by atoms with Gasteiger partial charge in [-0.1, -0.05) is 47.5 Å². The molecule has 0 aliphatic carbocycles.